The molecule has 2 amide bonds. The summed E-state index contributed by atoms with van der Waals surface area (Å²) in [7, 11) is -4.16. The highest BCUT2D eigenvalue weighted by atomic mass is 35.5. The first-order valence-corrected chi connectivity index (χ1v) is 14.6. The average molecular weight is 574 g/mol. The number of hydrogen-bond donors (Lipinski definition) is 1. The van der Waals surface area contributed by atoms with Gasteiger partial charge in [0.25, 0.3) is 10.0 Å². The van der Waals surface area contributed by atoms with Crippen molar-refractivity contribution in [2.24, 2.45) is 0 Å². The Kier molecular flexibility index (Phi) is 10.5. The SMILES string of the molecule is CCC(C)NC(=O)C(CC)N(Cc1ccc(F)cc1)C(=O)CN(c1ccc(Cl)cc1)S(=O)(=O)c1ccccc1. The summed E-state index contributed by atoms with van der Waals surface area (Å²) in [5.41, 5.74) is 0.846. The number of benzene rings is 3. The normalized spacial score (nSPS) is 12.8. The number of amides is 2. The molecule has 0 aliphatic heterocycles. The van der Waals surface area contributed by atoms with E-state index < -0.39 is 34.3 Å². The lowest BCUT2D eigenvalue weighted by Gasteiger charge is -2.33. The third-order valence-electron chi connectivity index (χ3n) is 6.38. The fraction of sp³-hybridized carbons (Fsp3) is 0.310. The van der Waals surface area contributed by atoms with Crippen LogP contribution in [0.5, 0.6) is 0 Å². The Hall–Kier alpha value is -3.43. The van der Waals surface area contributed by atoms with Crippen LogP contribution in [0.4, 0.5) is 10.1 Å². The highest BCUT2D eigenvalue weighted by molar-refractivity contribution is 7.92. The topological polar surface area (TPSA) is 86.8 Å². The van der Waals surface area contributed by atoms with E-state index in [0.717, 1.165) is 4.31 Å². The summed E-state index contributed by atoms with van der Waals surface area (Å²) in [5.74, 6) is -1.35. The van der Waals surface area contributed by atoms with E-state index in [2.05, 4.69) is 5.32 Å². The maximum Gasteiger partial charge on any atom is 0.264 e. The van der Waals surface area contributed by atoms with Gasteiger partial charge in [-0.05, 0) is 73.9 Å². The van der Waals surface area contributed by atoms with Crippen LogP contribution in [0.25, 0.3) is 0 Å². The summed E-state index contributed by atoms with van der Waals surface area (Å²) in [4.78, 5) is 28.5. The molecule has 0 radical (unpaired) electrons. The molecule has 2 unspecified atom stereocenters. The zero-order valence-corrected chi connectivity index (χ0v) is 23.8. The number of nitrogens with one attached hydrogen (secondary N) is 1. The summed E-state index contributed by atoms with van der Waals surface area (Å²) in [6, 6.07) is 18.6. The van der Waals surface area contributed by atoms with Crippen LogP contribution >= 0.6 is 11.6 Å². The molecule has 2 atom stereocenters. The molecule has 0 saturated heterocycles. The monoisotopic (exact) mass is 573 g/mol. The lowest BCUT2D eigenvalue weighted by atomic mass is 10.1. The van der Waals surface area contributed by atoms with Crippen molar-refractivity contribution in [2.45, 2.75) is 57.1 Å². The van der Waals surface area contributed by atoms with E-state index in [9.17, 15) is 22.4 Å². The molecule has 0 spiro atoms. The van der Waals surface area contributed by atoms with Crippen molar-refractivity contribution in [1.82, 2.24) is 10.2 Å². The molecule has 208 valence electrons. The van der Waals surface area contributed by atoms with Crippen LogP contribution in [0.2, 0.25) is 5.02 Å². The Morgan fingerprint density at radius 1 is 0.923 bits per heavy atom. The lowest BCUT2D eigenvalue weighted by Crippen LogP contribution is -2.53. The first kappa shape index (κ1) is 30.1. The standard InChI is InChI=1S/C29H33ClFN3O4S/c1-4-21(3)32-29(36)27(5-2)33(19-22-11-15-24(31)16-12-22)28(35)20-34(25-17-13-23(30)14-18-25)39(37,38)26-9-7-6-8-10-26/h6-18,21,27H,4-5,19-20H2,1-3H3,(H,32,36). The number of hydrogen-bond acceptors (Lipinski definition) is 4. The van der Waals surface area contributed by atoms with Crippen LogP contribution in [-0.2, 0) is 26.2 Å². The molecule has 1 N–H and O–H groups in total. The van der Waals surface area contributed by atoms with Crippen LogP contribution in [0, 0.1) is 5.82 Å². The highest BCUT2D eigenvalue weighted by Gasteiger charge is 2.33. The summed E-state index contributed by atoms with van der Waals surface area (Å²) in [5, 5.41) is 3.33. The van der Waals surface area contributed by atoms with E-state index in [4.69, 9.17) is 11.6 Å². The maximum absolute atomic E-state index is 13.9. The molecule has 0 aliphatic rings. The molecule has 0 bridgehead atoms. The van der Waals surface area contributed by atoms with Crippen molar-refractivity contribution in [3.63, 3.8) is 0 Å². The molecule has 7 nitrogen and oxygen atoms in total. The largest absolute Gasteiger partial charge is 0.352 e. The third-order valence-corrected chi connectivity index (χ3v) is 8.42. The van der Waals surface area contributed by atoms with E-state index in [-0.39, 0.29) is 29.1 Å². The minimum absolute atomic E-state index is 0.00854. The zero-order chi connectivity index (χ0) is 28.6. The van der Waals surface area contributed by atoms with E-state index in [1.165, 1.54) is 53.4 Å². The van der Waals surface area contributed by atoms with Crippen molar-refractivity contribution < 1.29 is 22.4 Å². The van der Waals surface area contributed by atoms with Gasteiger partial charge in [0, 0.05) is 17.6 Å². The number of rotatable bonds is 12. The molecule has 39 heavy (non-hydrogen) atoms. The smallest absolute Gasteiger partial charge is 0.264 e. The molecule has 3 aromatic rings. The molecule has 0 aliphatic carbocycles. The highest BCUT2D eigenvalue weighted by Crippen LogP contribution is 2.26. The van der Waals surface area contributed by atoms with Gasteiger partial charge in [0.15, 0.2) is 0 Å². The van der Waals surface area contributed by atoms with Crippen LogP contribution in [-0.4, -0.2) is 43.8 Å². The predicted molar refractivity (Wildman–Crippen MR) is 151 cm³/mol. The van der Waals surface area contributed by atoms with Gasteiger partial charge in [0.1, 0.15) is 18.4 Å². The van der Waals surface area contributed by atoms with E-state index >= 15 is 0 Å². The van der Waals surface area contributed by atoms with Gasteiger partial charge in [-0.25, -0.2) is 12.8 Å². The Morgan fingerprint density at radius 3 is 2.10 bits per heavy atom. The fourth-order valence-electron chi connectivity index (χ4n) is 4.00. The van der Waals surface area contributed by atoms with Gasteiger partial charge in [-0.2, -0.15) is 0 Å². The summed E-state index contributed by atoms with van der Waals surface area (Å²) < 4.78 is 42.0. The molecule has 3 rings (SSSR count). The van der Waals surface area contributed by atoms with Crippen molar-refractivity contribution in [3.8, 4) is 0 Å². The quantitative estimate of drug-likeness (QED) is 0.314. The lowest BCUT2D eigenvalue weighted by molar-refractivity contribution is -0.140. The number of carbonyl (C=O) groups excluding carboxylic acids is 2. The Morgan fingerprint density at radius 2 is 1.54 bits per heavy atom. The van der Waals surface area contributed by atoms with Gasteiger partial charge in [-0.15, -0.1) is 0 Å². The zero-order valence-electron chi connectivity index (χ0n) is 22.2. The van der Waals surface area contributed by atoms with Crippen LogP contribution < -0.4 is 9.62 Å². The first-order valence-electron chi connectivity index (χ1n) is 12.7. The van der Waals surface area contributed by atoms with Gasteiger partial charge in [-0.3, -0.25) is 13.9 Å². The van der Waals surface area contributed by atoms with E-state index in [0.29, 0.717) is 23.4 Å². The van der Waals surface area contributed by atoms with Crippen LogP contribution in [0.3, 0.4) is 0 Å². The Balaban J connectivity index is 2.03. The van der Waals surface area contributed by atoms with Crippen LogP contribution in [0.1, 0.15) is 39.2 Å². The molecule has 3 aromatic carbocycles. The van der Waals surface area contributed by atoms with E-state index in [1.54, 1.807) is 37.3 Å². The Labute approximate surface area is 234 Å². The molecule has 0 heterocycles. The number of nitrogens with zero attached hydrogens (tertiary/aromatic N) is 2. The second kappa shape index (κ2) is 13.6. The van der Waals surface area contributed by atoms with Crippen molar-refractivity contribution in [1.29, 1.82) is 0 Å². The van der Waals surface area contributed by atoms with E-state index in [1.807, 2.05) is 13.8 Å². The number of carbonyl (C=O) groups is 2. The maximum atomic E-state index is 13.9. The van der Waals surface area contributed by atoms with Gasteiger partial charge in [-0.1, -0.05) is 55.8 Å². The molecule has 0 fully saturated rings. The summed E-state index contributed by atoms with van der Waals surface area (Å²) in [6.07, 6.45) is 0.995. The third kappa shape index (κ3) is 7.80. The molecule has 10 heteroatoms. The van der Waals surface area contributed by atoms with Crippen molar-refractivity contribution in [3.05, 3.63) is 95.3 Å². The number of sulfonamides is 1. The fourth-order valence-corrected chi connectivity index (χ4v) is 5.56. The van der Waals surface area contributed by atoms with Crippen LogP contribution in [0.15, 0.2) is 83.8 Å². The summed E-state index contributed by atoms with van der Waals surface area (Å²) in [6.45, 7) is 5.01. The predicted octanol–water partition coefficient (Wildman–Crippen LogP) is 5.40. The first-order chi connectivity index (χ1) is 18.6. The molecular weight excluding hydrogens is 541 g/mol. The second-order valence-electron chi connectivity index (χ2n) is 9.19. The minimum Gasteiger partial charge on any atom is -0.352 e. The minimum atomic E-state index is -4.16. The van der Waals surface area contributed by atoms with Gasteiger partial charge >= 0.3 is 0 Å². The van der Waals surface area contributed by atoms with Gasteiger partial charge in [0.05, 0.1) is 10.6 Å². The molecule has 0 saturated carbocycles. The van der Waals surface area contributed by atoms with Gasteiger partial charge in [0.2, 0.25) is 11.8 Å². The number of halogens is 2. The second-order valence-corrected chi connectivity index (χ2v) is 11.5. The number of anilines is 1. The Bertz CT molecular complexity index is 1350. The average Bonchev–Trinajstić information content (AvgIpc) is 2.93. The van der Waals surface area contributed by atoms with Crippen molar-refractivity contribution in [2.75, 3.05) is 10.8 Å². The molecule has 0 aromatic heterocycles. The summed E-state index contributed by atoms with van der Waals surface area (Å²) >= 11 is 6.04. The molecular formula is C29H33ClFN3O4S. The van der Waals surface area contributed by atoms with Gasteiger partial charge < -0.3 is 10.2 Å². The van der Waals surface area contributed by atoms with Crippen molar-refractivity contribution >= 4 is 39.1 Å².